The van der Waals surface area contributed by atoms with Crippen molar-refractivity contribution in [1.82, 2.24) is 0 Å². The van der Waals surface area contributed by atoms with Crippen LogP contribution in [0, 0.1) is 5.92 Å². The van der Waals surface area contributed by atoms with E-state index in [-0.39, 0.29) is 19.3 Å². The molecule has 2 N–H and O–H groups in total. The zero-order chi connectivity index (χ0) is 11.1. The fourth-order valence-corrected chi connectivity index (χ4v) is 0.905. The standard InChI is InChI=1S/C8H12O6/c1-14-6(9)4-2-3-5(7(10)11)8(12)13/h5H,2-4H2,1H3,(H,10,11)(H,12,13). The number of carbonyl (C=O) groups is 3. The maximum Gasteiger partial charge on any atom is 0.317 e. The number of esters is 1. The molecule has 14 heavy (non-hydrogen) atoms. The summed E-state index contributed by atoms with van der Waals surface area (Å²) >= 11 is 0. The van der Waals surface area contributed by atoms with E-state index < -0.39 is 23.8 Å². The third kappa shape index (κ3) is 4.44. The summed E-state index contributed by atoms with van der Waals surface area (Å²) in [4.78, 5) is 31.4. The highest BCUT2D eigenvalue weighted by molar-refractivity contribution is 5.92. The molecule has 0 rings (SSSR count). The van der Waals surface area contributed by atoms with Crippen LogP contribution in [-0.4, -0.2) is 35.2 Å². The molecular formula is C8H12O6. The number of rotatable bonds is 6. The average Bonchev–Trinajstić information content (AvgIpc) is 2.10. The number of carboxylic acids is 2. The molecule has 0 saturated carbocycles. The van der Waals surface area contributed by atoms with E-state index in [4.69, 9.17) is 10.2 Å². The Balaban J connectivity index is 3.90. The molecule has 0 aliphatic rings. The topological polar surface area (TPSA) is 101 Å². The highest BCUT2D eigenvalue weighted by Gasteiger charge is 2.25. The summed E-state index contributed by atoms with van der Waals surface area (Å²) in [5, 5.41) is 16.9. The summed E-state index contributed by atoms with van der Waals surface area (Å²) in [6.45, 7) is 0. The zero-order valence-corrected chi connectivity index (χ0v) is 7.73. The summed E-state index contributed by atoms with van der Waals surface area (Å²) in [5.74, 6) is -4.69. The first kappa shape index (κ1) is 12.4. The van der Waals surface area contributed by atoms with E-state index in [0.717, 1.165) is 0 Å². The van der Waals surface area contributed by atoms with Crippen LogP contribution in [0.5, 0.6) is 0 Å². The monoisotopic (exact) mass is 204 g/mol. The second-order valence-corrected chi connectivity index (χ2v) is 2.70. The van der Waals surface area contributed by atoms with Crippen LogP contribution < -0.4 is 0 Å². The second-order valence-electron chi connectivity index (χ2n) is 2.70. The lowest BCUT2D eigenvalue weighted by Crippen LogP contribution is -2.23. The first-order chi connectivity index (χ1) is 6.49. The van der Waals surface area contributed by atoms with Crippen molar-refractivity contribution < 1.29 is 29.3 Å². The van der Waals surface area contributed by atoms with Crippen molar-refractivity contribution in [1.29, 1.82) is 0 Å². The SMILES string of the molecule is COC(=O)CCCC(C(=O)O)C(=O)O. The Morgan fingerprint density at radius 2 is 1.71 bits per heavy atom. The van der Waals surface area contributed by atoms with Gasteiger partial charge in [0.05, 0.1) is 7.11 Å². The van der Waals surface area contributed by atoms with Gasteiger partial charge >= 0.3 is 17.9 Å². The number of hydrogen-bond donors (Lipinski definition) is 2. The van der Waals surface area contributed by atoms with Crippen molar-refractivity contribution in [3.63, 3.8) is 0 Å². The van der Waals surface area contributed by atoms with Crippen molar-refractivity contribution in [3.8, 4) is 0 Å². The number of hydrogen-bond acceptors (Lipinski definition) is 4. The molecule has 0 fully saturated rings. The highest BCUT2D eigenvalue weighted by atomic mass is 16.5. The van der Waals surface area contributed by atoms with Crippen LogP contribution in [0.25, 0.3) is 0 Å². The first-order valence-corrected chi connectivity index (χ1v) is 4.01. The van der Waals surface area contributed by atoms with E-state index in [1.54, 1.807) is 0 Å². The van der Waals surface area contributed by atoms with Crippen molar-refractivity contribution in [2.75, 3.05) is 7.11 Å². The first-order valence-electron chi connectivity index (χ1n) is 4.01. The van der Waals surface area contributed by atoms with E-state index in [1.807, 2.05) is 0 Å². The van der Waals surface area contributed by atoms with Crippen LogP contribution in [0.4, 0.5) is 0 Å². The molecule has 0 aromatic carbocycles. The minimum atomic E-state index is -1.44. The normalized spacial score (nSPS) is 9.86. The molecule has 0 aromatic rings. The number of ether oxygens (including phenoxy) is 1. The van der Waals surface area contributed by atoms with Gasteiger partial charge in [0.15, 0.2) is 5.92 Å². The molecular weight excluding hydrogens is 192 g/mol. The minimum absolute atomic E-state index is 0.0353. The molecule has 0 unspecified atom stereocenters. The van der Waals surface area contributed by atoms with Crippen molar-refractivity contribution in [3.05, 3.63) is 0 Å². The van der Waals surface area contributed by atoms with Crippen molar-refractivity contribution >= 4 is 17.9 Å². The molecule has 0 amide bonds. The Bertz CT molecular complexity index is 220. The van der Waals surface area contributed by atoms with Gasteiger partial charge in [0, 0.05) is 6.42 Å². The van der Waals surface area contributed by atoms with Gasteiger partial charge in [-0.3, -0.25) is 14.4 Å². The Labute approximate surface area is 80.5 Å². The number of aliphatic carboxylic acids is 2. The Morgan fingerprint density at radius 3 is 2.07 bits per heavy atom. The molecule has 0 aliphatic heterocycles. The predicted octanol–water partition coefficient (Wildman–Crippen LogP) is 0.115. The molecule has 6 heteroatoms. The largest absolute Gasteiger partial charge is 0.481 e. The minimum Gasteiger partial charge on any atom is -0.481 e. The molecule has 0 saturated heterocycles. The van der Waals surface area contributed by atoms with E-state index in [2.05, 4.69) is 4.74 Å². The maximum absolute atomic E-state index is 10.6. The molecule has 0 aromatic heterocycles. The molecule has 0 spiro atoms. The second kappa shape index (κ2) is 5.95. The fraction of sp³-hybridized carbons (Fsp3) is 0.625. The molecule has 0 heterocycles. The lowest BCUT2D eigenvalue weighted by Gasteiger charge is -2.05. The van der Waals surface area contributed by atoms with Crippen LogP contribution >= 0.6 is 0 Å². The third-order valence-corrected chi connectivity index (χ3v) is 1.70. The fourth-order valence-electron chi connectivity index (χ4n) is 0.905. The van der Waals surface area contributed by atoms with E-state index >= 15 is 0 Å². The van der Waals surface area contributed by atoms with Gasteiger partial charge in [-0.15, -0.1) is 0 Å². The smallest absolute Gasteiger partial charge is 0.317 e. The Kier molecular flexibility index (Phi) is 5.28. The van der Waals surface area contributed by atoms with Crippen LogP contribution in [0.15, 0.2) is 0 Å². The average molecular weight is 204 g/mol. The van der Waals surface area contributed by atoms with Gasteiger partial charge in [0.1, 0.15) is 0 Å². The number of methoxy groups -OCH3 is 1. The highest BCUT2D eigenvalue weighted by Crippen LogP contribution is 2.09. The van der Waals surface area contributed by atoms with E-state index in [9.17, 15) is 14.4 Å². The van der Waals surface area contributed by atoms with Gasteiger partial charge in [-0.25, -0.2) is 0 Å². The van der Waals surface area contributed by atoms with Gasteiger partial charge in [-0.1, -0.05) is 0 Å². The number of carbonyl (C=O) groups excluding carboxylic acids is 1. The maximum atomic E-state index is 10.6. The van der Waals surface area contributed by atoms with Crippen LogP contribution in [0.2, 0.25) is 0 Å². The van der Waals surface area contributed by atoms with Crippen LogP contribution in [0.1, 0.15) is 19.3 Å². The lowest BCUT2D eigenvalue weighted by atomic mass is 10.0. The van der Waals surface area contributed by atoms with Crippen molar-refractivity contribution in [2.24, 2.45) is 5.92 Å². The van der Waals surface area contributed by atoms with Gasteiger partial charge in [0.2, 0.25) is 0 Å². The van der Waals surface area contributed by atoms with Gasteiger partial charge in [-0.05, 0) is 12.8 Å². The molecule has 0 aliphatic carbocycles. The van der Waals surface area contributed by atoms with Crippen molar-refractivity contribution in [2.45, 2.75) is 19.3 Å². The summed E-state index contributed by atoms with van der Waals surface area (Å²) in [6.07, 6.45) is 0.156. The summed E-state index contributed by atoms with van der Waals surface area (Å²) in [6, 6.07) is 0. The van der Waals surface area contributed by atoms with E-state index in [0.29, 0.717) is 0 Å². The third-order valence-electron chi connectivity index (χ3n) is 1.70. The van der Waals surface area contributed by atoms with Crippen LogP contribution in [-0.2, 0) is 19.1 Å². The van der Waals surface area contributed by atoms with Crippen LogP contribution in [0.3, 0.4) is 0 Å². The molecule has 0 bridgehead atoms. The van der Waals surface area contributed by atoms with Gasteiger partial charge in [0.25, 0.3) is 0 Å². The predicted molar refractivity (Wildman–Crippen MR) is 44.6 cm³/mol. The molecule has 0 atom stereocenters. The summed E-state index contributed by atoms with van der Waals surface area (Å²) in [5.41, 5.74) is 0. The zero-order valence-electron chi connectivity index (χ0n) is 7.73. The molecule has 80 valence electrons. The quantitative estimate of drug-likeness (QED) is 0.470. The Hall–Kier alpha value is -1.59. The van der Waals surface area contributed by atoms with Gasteiger partial charge < -0.3 is 14.9 Å². The summed E-state index contributed by atoms with van der Waals surface area (Å²) in [7, 11) is 1.22. The Morgan fingerprint density at radius 1 is 1.21 bits per heavy atom. The number of carboxylic acid groups (broad SMARTS) is 2. The van der Waals surface area contributed by atoms with E-state index in [1.165, 1.54) is 7.11 Å². The molecule has 0 radical (unpaired) electrons. The molecule has 6 nitrogen and oxygen atoms in total. The lowest BCUT2D eigenvalue weighted by molar-refractivity contribution is -0.155. The van der Waals surface area contributed by atoms with Gasteiger partial charge in [-0.2, -0.15) is 0 Å². The summed E-state index contributed by atoms with van der Waals surface area (Å²) < 4.78 is 4.32.